The third-order valence-corrected chi connectivity index (χ3v) is 16.9. The molecule has 2 unspecified atom stereocenters. The minimum Gasteiger partial charge on any atom is -0.466 e. The van der Waals surface area contributed by atoms with Crippen molar-refractivity contribution in [3.63, 3.8) is 0 Å². The molecule has 0 saturated heterocycles. The quantitative estimate of drug-likeness (QED) is 0.0320. The van der Waals surface area contributed by atoms with Gasteiger partial charge in [0.05, 0.1) is 25.4 Å². The maximum absolute atomic E-state index is 12.5. The predicted molar refractivity (Wildman–Crippen MR) is 352 cm³/mol. The molecule has 0 rings (SSSR count). The van der Waals surface area contributed by atoms with Crippen molar-refractivity contribution in [2.45, 2.75) is 411 Å². The lowest BCUT2D eigenvalue weighted by atomic mass is 10.0. The number of carbonyl (C=O) groups excluding carboxylic acids is 2. The summed E-state index contributed by atoms with van der Waals surface area (Å²) in [5.74, 6) is -0.0546. The fourth-order valence-corrected chi connectivity index (χ4v) is 11.3. The number of unbranched alkanes of at least 4 members (excludes halogenated alkanes) is 53. The first kappa shape index (κ1) is 78.1. The van der Waals surface area contributed by atoms with Gasteiger partial charge in [-0.1, -0.05) is 339 Å². The molecule has 6 nitrogen and oxygen atoms in total. The molecule has 0 fully saturated rings. The summed E-state index contributed by atoms with van der Waals surface area (Å²) in [6.45, 7) is 4.93. The number of nitrogens with one attached hydrogen (secondary N) is 1. The molecule has 0 aliphatic heterocycles. The molecule has 0 aliphatic rings. The first-order valence-corrected chi connectivity index (χ1v) is 36.3. The summed E-state index contributed by atoms with van der Waals surface area (Å²) in [7, 11) is 0. The molecular weight excluding hydrogens is 983 g/mol. The Labute approximate surface area is 500 Å². The second-order valence-corrected chi connectivity index (χ2v) is 24.9. The summed E-state index contributed by atoms with van der Waals surface area (Å²) in [6.07, 6.45) is 89.4. The molecule has 80 heavy (non-hydrogen) atoms. The van der Waals surface area contributed by atoms with Gasteiger partial charge in [0, 0.05) is 12.8 Å². The van der Waals surface area contributed by atoms with Crippen molar-refractivity contribution in [2.75, 3.05) is 13.2 Å². The minimum atomic E-state index is -0.847. The van der Waals surface area contributed by atoms with Crippen LogP contribution >= 0.6 is 0 Å². The number of carbonyl (C=O) groups is 2. The van der Waals surface area contributed by atoms with Crippen molar-refractivity contribution in [1.29, 1.82) is 0 Å². The van der Waals surface area contributed by atoms with E-state index in [0.717, 1.165) is 44.9 Å². The third-order valence-electron chi connectivity index (χ3n) is 16.9. The van der Waals surface area contributed by atoms with Crippen LogP contribution in [-0.4, -0.2) is 47.4 Å². The molecule has 0 aromatic rings. The van der Waals surface area contributed by atoms with Gasteiger partial charge in [-0.3, -0.25) is 9.59 Å². The Morgan fingerprint density at radius 3 is 0.887 bits per heavy atom. The van der Waals surface area contributed by atoms with E-state index >= 15 is 0 Å². The highest BCUT2D eigenvalue weighted by Crippen LogP contribution is 2.18. The fraction of sp³-hybridized carbons (Fsp3) is 0.892. The number of rotatable bonds is 68. The van der Waals surface area contributed by atoms with Crippen LogP contribution in [-0.2, 0) is 14.3 Å². The number of aliphatic hydroxyl groups is 2. The van der Waals surface area contributed by atoms with E-state index in [1.807, 2.05) is 6.08 Å². The lowest BCUT2D eigenvalue weighted by Gasteiger charge is -2.20. The molecule has 0 aromatic heterocycles. The Morgan fingerprint density at radius 2 is 0.588 bits per heavy atom. The van der Waals surface area contributed by atoms with Gasteiger partial charge in [0.2, 0.25) is 5.91 Å². The van der Waals surface area contributed by atoms with Gasteiger partial charge in [-0.25, -0.2) is 0 Å². The van der Waals surface area contributed by atoms with Gasteiger partial charge < -0.3 is 20.3 Å². The fourth-order valence-electron chi connectivity index (χ4n) is 11.3. The van der Waals surface area contributed by atoms with Gasteiger partial charge in [-0.05, 0) is 83.5 Å². The van der Waals surface area contributed by atoms with Gasteiger partial charge >= 0.3 is 5.97 Å². The monoisotopic (exact) mass is 1120 g/mol. The number of hydrogen-bond donors (Lipinski definition) is 3. The summed E-state index contributed by atoms with van der Waals surface area (Å²) in [4.78, 5) is 24.6. The van der Waals surface area contributed by atoms with Gasteiger partial charge in [0.15, 0.2) is 0 Å². The molecule has 0 aromatic carbocycles. The van der Waals surface area contributed by atoms with Crippen LogP contribution in [0.15, 0.2) is 36.5 Å². The molecule has 1 amide bonds. The van der Waals surface area contributed by atoms with Crippen LogP contribution in [0.3, 0.4) is 0 Å². The molecule has 472 valence electrons. The van der Waals surface area contributed by atoms with Crippen molar-refractivity contribution in [3.8, 4) is 0 Å². The topological polar surface area (TPSA) is 95.9 Å². The van der Waals surface area contributed by atoms with Crippen LogP contribution in [0.2, 0.25) is 0 Å². The van der Waals surface area contributed by atoms with Crippen LogP contribution in [0.1, 0.15) is 399 Å². The maximum Gasteiger partial charge on any atom is 0.305 e. The molecule has 0 aliphatic carbocycles. The Bertz CT molecular complexity index is 1300. The number of esters is 1. The maximum atomic E-state index is 12.5. The van der Waals surface area contributed by atoms with E-state index < -0.39 is 12.1 Å². The molecule has 0 spiro atoms. The second-order valence-electron chi connectivity index (χ2n) is 24.9. The Kier molecular flexibility index (Phi) is 67.9. The molecule has 6 heteroatoms. The molecular formula is C74H141NO5. The van der Waals surface area contributed by atoms with Crippen molar-refractivity contribution >= 4 is 11.9 Å². The molecule has 0 radical (unpaired) electrons. The van der Waals surface area contributed by atoms with Crippen LogP contribution in [0.4, 0.5) is 0 Å². The summed E-state index contributed by atoms with van der Waals surface area (Å²) in [5.41, 5.74) is 0. The average Bonchev–Trinajstić information content (AvgIpc) is 3.46. The van der Waals surface area contributed by atoms with Crippen molar-refractivity contribution in [1.82, 2.24) is 5.32 Å². The van der Waals surface area contributed by atoms with E-state index in [0.29, 0.717) is 19.4 Å². The number of aliphatic hydroxyl groups excluding tert-OH is 2. The van der Waals surface area contributed by atoms with Crippen LogP contribution in [0.25, 0.3) is 0 Å². The largest absolute Gasteiger partial charge is 0.466 e. The van der Waals surface area contributed by atoms with Gasteiger partial charge in [-0.15, -0.1) is 0 Å². The zero-order chi connectivity index (χ0) is 57.8. The van der Waals surface area contributed by atoms with E-state index in [1.165, 1.54) is 327 Å². The Morgan fingerprint density at radius 1 is 0.338 bits per heavy atom. The molecule has 0 bridgehead atoms. The zero-order valence-electron chi connectivity index (χ0n) is 54.1. The standard InChI is InChI=1S/C74H141NO5/c1-3-5-7-9-11-13-15-17-19-21-30-34-38-42-46-50-54-58-62-66-72(77)71(70-76)75-73(78)67-63-59-55-51-47-43-39-35-32-28-26-24-23-25-27-29-33-37-41-45-49-53-57-61-65-69-80-74(79)68-64-60-56-52-48-44-40-36-31-22-20-18-16-14-12-10-8-6-4-2/h18,20,24,26,62,66,71-72,76-77H,3-17,19,21-23,25,27-61,63-65,67-70H2,1-2H3,(H,75,78)/b20-18-,26-24-,66-62+. The van der Waals surface area contributed by atoms with Crippen molar-refractivity contribution in [2.24, 2.45) is 0 Å². The number of amides is 1. The molecule has 3 N–H and O–H groups in total. The first-order valence-electron chi connectivity index (χ1n) is 36.3. The number of allylic oxidation sites excluding steroid dienone is 5. The van der Waals surface area contributed by atoms with E-state index in [1.54, 1.807) is 6.08 Å². The number of ether oxygens (including phenoxy) is 1. The summed E-state index contributed by atoms with van der Waals surface area (Å²) in [6, 6.07) is -0.631. The SMILES string of the molecule is CCCCCCCC/C=C\CCCCCCCCCCCC(=O)OCCCCCCCCCCCCCC/C=C\CCCCCCCCCCCC(=O)NC(CO)C(O)/C=C/CCCCCCCCCCCCCCCCCCC. The lowest BCUT2D eigenvalue weighted by Crippen LogP contribution is -2.45. The Hall–Kier alpha value is -1.92. The molecule has 0 heterocycles. The van der Waals surface area contributed by atoms with Crippen molar-refractivity contribution < 1.29 is 24.5 Å². The predicted octanol–water partition coefficient (Wildman–Crippen LogP) is 23.5. The second kappa shape index (κ2) is 69.6. The Balaban J connectivity index is 3.40. The third kappa shape index (κ3) is 65.2. The van der Waals surface area contributed by atoms with Gasteiger partial charge in [0.25, 0.3) is 0 Å². The first-order chi connectivity index (χ1) is 39.5. The highest BCUT2D eigenvalue weighted by atomic mass is 16.5. The highest BCUT2D eigenvalue weighted by molar-refractivity contribution is 5.76. The van der Waals surface area contributed by atoms with E-state index in [2.05, 4.69) is 43.5 Å². The summed E-state index contributed by atoms with van der Waals surface area (Å²) in [5, 5.41) is 23.2. The molecule has 0 saturated carbocycles. The minimum absolute atomic E-state index is 0.0132. The highest BCUT2D eigenvalue weighted by Gasteiger charge is 2.18. The van der Waals surface area contributed by atoms with E-state index in [9.17, 15) is 19.8 Å². The van der Waals surface area contributed by atoms with Gasteiger partial charge in [-0.2, -0.15) is 0 Å². The number of hydrogen-bond acceptors (Lipinski definition) is 5. The van der Waals surface area contributed by atoms with E-state index in [-0.39, 0.29) is 18.5 Å². The van der Waals surface area contributed by atoms with E-state index in [4.69, 9.17) is 4.74 Å². The molecule has 2 atom stereocenters. The van der Waals surface area contributed by atoms with Crippen LogP contribution in [0.5, 0.6) is 0 Å². The van der Waals surface area contributed by atoms with Gasteiger partial charge in [0.1, 0.15) is 0 Å². The average molecular weight is 1120 g/mol. The van der Waals surface area contributed by atoms with Crippen LogP contribution in [0, 0.1) is 0 Å². The summed E-state index contributed by atoms with van der Waals surface area (Å²) >= 11 is 0. The van der Waals surface area contributed by atoms with Crippen LogP contribution < -0.4 is 5.32 Å². The summed E-state index contributed by atoms with van der Waals surface area (Å²) < 4.78 is 5.51. The smallest absolute Gasteiger partial charge is 0.305 e. The normalized spacial score (nSPS) is 12.7. The van der Waals surface area contributed by atoms with Crippen molar-refractivity contribution in [3.05, 3.63) is 36.5 Å². The lowest BCUT2D eigenvalue weighted by molar-refractivity contribution is -0.143. The zero-order valence-corrected chi connectivity index (χ0v) is 54.1.